The molecule has 2 N–H and O–H groups in total. The summed E-state index contributed by atoms with van der Waals surface area (Å²) in [4.78, 5) is 30.0. The number of rotatable bonds is 5. The largest absolute Gasteiger partial charge is 0.398 e. The number of sulfone groups is 1. The van der Waals surface area contributed by atoms with Gasteiger partial charge in [0.25, 0.3) is 5.56 Å². The van der Waals surface area contributed by atoms with Gasteiger partial charge in [0.05, 0.1) is 0 Å². The van der Waals surface area contributed by atoms with E-state index >= 15 is 0 Å². The van der Waals surface area contributed by atoms with Gasteiger partial charge in [0, 0.05) is 31.6 Å². The molecule has 10 heteroatoms. The molecule has 1 unspecified atom stereocenters. The SMILES string of the molecule is C#CC(c1cccc(CC2CC2)c1N)n1c(=O)n(C)c(=O)c2c1nc(S(C)(=O)=O)n2C. The Hall–Kier alpha value is -3.32. The van der Waals surface area contributed by atoms with Gasteiger partial charge in [-0.1, -0.05) is 24.1 Å². The van der Waals surface area contributed by atoms with Gasteiger partial charge >= 0.3 is 5.69 Å². The molecule has 1 aliphatic carbocycles. The molecule has 9 nitrogen and oxygen atoms in total. The lowest BCUT2D eigenvalue weighted by molar-refractivity contribution is 0.586. The van der Waals surface area contributed by atoms with Gasteiger partial charge in [-0.05, 0) is 30.7 Å². The predicted octanol–water partition coefficient (Wildman–Crippen LogP) is 0.595. The third kappa shape index (κ3) is 3.35. The number of nitrogen functional groups attached to an aromatic ring is 1. The summed E-state index contributed by atoms with van der Waals surface area (Å²) in [5.41, 5.74) is 6.93. The molecule has 2 heterocycles. The number of benzene rings is 1. The molecule has 31 heavy (non-hydrogen) atoms. The van der Waals surface area contributed by atoms with Gasteiger partial charge < -0.3 is 10.3 Å². The normalized spacial score (nSPS) is 15.2. The first kappa shape index (κ1) is 20.9. The van der Waals surface area contributed by atoms with E-state index in [0.29, 0.717) is 17.2 Å². The summed E-state index contributed by atoms with van der Waals surface area (Å²) in [6.07, 6.45) is 9.97. The molecule has 0 amide bonds. The molecule has 1 fully saturated rings. The van der Waals surface area contributed by atoms with Gasteiger partial charge in [-0.15, -0.1) is 6.42 Å². The average molecular weight is 442 g/mol. The van der Waals surface area contributed by atoms with E-state index in [9.17, 15) is 18.0 Å². The Bertz CT molecular complexity index is 1480. The van der Waals surface area contributed by atoms with Crippen molar-refractivity contribution in [3.8, 4) is 12.3 Å². The highest BCUT2D eigenvalue weighted by Gasteiger charge is 2.28. The maximum atomic E-state index is 13.1. The molecule has 2 aromatic heterocycles. The van der Waals surface area contributed by atoms with E-state index in [1.807, 2.05) is 12.1 Å². The van der Waals surface area contributed by atoms with Gasteiger partial charge in [0.1, 0.15) is 6.04 Å². The minimum atomic E-state index is -3.76. The van der Waals surface area contributed by atoms with E-state index in [-0.39, 0.29) is 16.3 Å². The number of aromatic nitrogens is 4. The summed E-state index contributed by atoms with van der Waals surface area (Å²) in [6.45, 7) is 0. The number of hydrogen-bond acceptors (Lipinski definition) is 6. The summed E-state index contributed by atoms with van der Waals surface area (Å²) in [7, 11) is -1.03. The third-order valence-electron chi connectivity index (χ3n) is 5.74. The summed E-state index contributed by atoms with van der Waals surface area (Å²) in [5, 5.41) is -0.329. The van der Waals surface area contributed by atoms with Gasteiger partial charge in [-0.3, -0.25) is 13.9 Å². The Morgan fingerprint density at radius 1 is 1.26 bits per heavy atom. The number of imidazole rings is 1. The summed E-state index contributed by atoms with van der Waals surface area (Å²) in [6, 6.07) is 4.54. The number of nitrogens with two attached hydrogens (primary N) is 1. The first-order chi connectivity index (χ1) is 14.6. The fraction of sp³-hybridized carbons (Fsp3) is 0.381. The van der Waals surface area contributed by atoms with Crippen molar-refractivity contribution in [1.82, 2.24) is 18.7 Å². The van der Waals surface area contributed by atoms with E-state index in [0.717, 1.165) is 40.2 Å². The Morgan fingerprint density at radius 3 is 2.52 bits per heavy atom. The van der Waals surface area contributed by atoms with Crippen molar-refractivity contribution in [2.75, 3.05) is 12.0 Å². The van der Waals surface area contributed by atoms with E-state index < -0.39 is 27.1 Å². The van der Waals surface area contributed by atoms with Crippen LogP contribution in [0.1, 0.15) is 30.0 Å². The van der Waals surface area contributed by atoms with Crippen LogP contribution < -0.4 is 17.0 Å². The number of nitrogens with zero attached hydrogens (tertiary/aromatic N) is 4. The Kier molecular flexibility index (Phi) is 4.81. The van der Waals surface area contributed by atoms with E-state index in [4.69, 9.17) is 12.2 Å². The zero-order valence-electron chi connectivity index (χ0n) is 17.5. The molecule has 0 radical (unpaired) electrons. The van der Waals surface area contributed by atoms with Gasteiger partial charge in [0.2, 0.25) is 15.0 Å². The van der Waals surface area contributed by atoms with Gasteiger partial charge in [0.15, 0.2) is 11.2 Å². The molecular weight excluding hydrogens is 418 g/mol. The van der Waals surface area contributed by atoms with Gasteiger partial charge in [-0.25, -0.2) is 13.2 Å². The second kappa shape index (κ2) is 7.13. The van der Waals surface area contributed by atoms with Crippen molar-refractivity contribution in [2.45, 2.75) is 30.5 Å². The number of fused-ring (bicyclic) bond motifs is 1. The molecule has 0 spiro atoms. The minimum absolute atomic E-state index is 0.0320. The molecule has 0 bridgehead atoms. The van der Waals surface area contributed by atoms with Crippen molar-refractivity contribution < 1.29 is 8.42 Å². The van der Waals surface area contributed by atoms with Gasteiger partial charge in [-0.2, -0.15) is 4.98 Å². The van der Waals surface area contributed by atoms with Crippen molar-refractivity contribution in [3.63, 3.8) is 0 Å². The smallest absolute Gasteiger partial charge is 0.333 e. The van der Waals surface area contributed by atoms with Crippen LogP contribution in [0.4, 0.5) is 5.69 Å². The molecule has 3 aromatic rings. The lowest BCUT2D eigenvalue weighted by atomic mass is 9.98. The highest BCUT2D eigenvalue weighted by molar-refractivity contribution is 7.90. The standard InChI is InChI=1S/C21H23N5O4S/c1-5-15(14-8-6-7-13(16(14)22)11-12-9-10-12)26-18-17(19(27)25(3)21(26)28)24(2)20(23-18)31(4,29)30/h1,6-8,12,15H,9-11,22H2,2-4H3. The molecule has 1 aromatic carbocycles. The zero-order valence-corrected chi connectivity index (χ0v) is 18.3. The second-order valence-electron chi connectivity index (χ2n) is 8.05. The van der Waals surface area contributed by atoms with Crippen LogP contribution >= 0.6 is 0 Å². The molecule has 162 valence electrons. The number of aryl methyl sites for hydroxylation is 1. The highest BCUT2D eigenvalue weighted by Crippen LogP contribution is 2.36. The maximum absolute atomic E-state index is 13.1. The molecule has 0 aliphatic heterocycles. The van der Waals surface area contributed by atoms with Crippen LogP contribution in [0.25, 0.3) is 11.2 Å². The van der Waals surface area contributed by atoms with E-state index in [1.165, 1.54) is 18.7 Å². The van der Waals surface area contributed by atoms with Crippen LogP contribution in [-0.2, 0) is 30.4 Å². The molecule has 1 atom stereocenters. The zero-order chi connectivity index (χ0) is 22.7. The lowest BCUT2D eigenvalue weighted by Crippen LogP contribution is -2.40. The number of anilines is 1. The first-order valence-corrected chi connectivity index (χ1v) is 11.7. The Labute approximate surface area is 179 Å². The van der Waals surface area contributed by atoms with Crippen molar-refractivity contribution in [3.05, 3.63) is 50.2 Å². The first-order valence-electron chi connectivity index (χ1n) is 9.77. The van der Waals surface area contributed by atoms with E-state index in [1.54, 1.807) is 6.07 Å². The Morgan fingerprint density at radius 2 is 1.94 bits per heavy atom. The molecular formula is C21H23N5O4S. The quantitative estimate of drug-likeness (QED) is 0.457. The summed E-state index contributed by atoms with van der Waals surface area (Å²) in [5.74, 6) is 3.19. The molecule has 4 rings (SSSR count). The van der Waals surface area contributed by atoms with Crippen LogP contribution in [0.15, 0.2) is 32.9 Å². The summed E-state index contributed by atoms with van der Waals surface area (Å²) < 4.78 is 27.6. The fourth-order valence-electron chi connectivity index (χ4n) is 3.92. The lowest BCUT2D eigenvalue weighted by Gasteiger charge is -2.19. The highest BCUT2D eigenvalue weighted by atomic mass is 32.2. The van der Waals surface area contributed by atoms with Crippen molar-refractivity contribution in [1.29, 1.82) is 0 Å². The molecule has 1 aliphatic rings. The number of para-hydroxylation sites is 1. The topological polar surface area (TPSA) is 122 Å². The maximum Gasteiger partial charge on any atom is 0.333 e. The number of terminal acetylenes is 1. The van der Waals surface area contributed by atoms with E-state index in [2.05, 4.69) is 10.9 Å². The van der Waals surface area contributed by atoms with Crippen molar-refractivity contribution in [2.24, 2.45) is 20.0 Å². The van der Waals surface area contributed by atoms with Crippen LogP contribution in [0, 0.1) is 18.3 Å². The second-order valence-corrected chi connectivity index (χ2v) is 9.96. The predicted molar refractivity (Wildman–Crippen MR) is 118 cm³/mol. The Balaban J connectivity index is 2.04. The molecule has 0 saturated heterocycles. The number of hydrogen-bond donors (Lipinski definition) is 1. The minimum Gasteiger partial charge on any atom is -0.398 e. The average Bonchev–Trinajstić information content (AvgIpc) is 3.45. The molecule has 1 saturated carbocycles. The van der Waals surface area contributed by atoms with Crippen LogP contribution in [-0.4, -0.2) is 33.4 Å². The monoisotopic (exact) mass is 441 g/mol. The van der Waals surface area contributed by atoms with Crippen molar-refractivity contribution >= 4 is 26.7 Å². The van der Waals surface area contributed by atoms with Crippen LogP contribution in [0.5, 0.6) is 0 Å². The van der Waals surface area contributed by atoms with Crippen LogP contribution in [0.3, 0.4) is 0 Å². The van der Waals surface area contributed by atoms with Crippen LogP contribution in [0.2, 0.25) is 0 Å². The third-order valence-corrected chi connectivity index (χ3v) is 6.77. The summed E-state index contributed by atoms with van der Waals surface area (Å²) >= 11 is 0. The fourth-order valence-corrected chi connectivity index (χ4v) is 4.76.